The maximum Gasteiger partial charge on any atom is 0.356 e. The van der Waals surface area contributed by atoms with Crippen LogP contribution in [0.15, 0.2) is 30.7 Å². The van der Waals surface area contributed by atoms with E-state index >= 15 is 0 Å². The fourth-order valence-electron chi connectivity index (χ4n) is 3.44. The molecule has 26 heavy (non-hydrogen) atoms. The first kappa shape index (κ1) is 18.2. The van der Waals surface area contributed by atoms with Gasteiger partial charge < -0.3 is 14.2 Å². The molecular formula is C20H25N3O3. The van der Waals surface area contributed by atoms with Gasteiger partial charge in [0.05, 0.1) is 24.7 Å². The highest BCUT2D eigenvalue weighted by atomic mass is 16.5. The molecular weight excluding hydrogens is 330 g/mol. The quantitative estimate of drug-likeness (QED) is 0.791. The standard InChI is InChI=1S/C20H25N3O3/c1-13(2)26-20(25)18-11-21-12-23(18)17-7-5-6-14-8-9-15(10-16(14)17)19(24)22(3)4/h8-13,17H,5-7H2,1-4H3. The number of fused-ring (bicyclic) bond motifs is 1. The summed E-state index contributed by atoms with van der Waals surface area (Å²) in [5.74, 6) is -0.396. The number of hydrogen-bond donors (Lipinski definition) is 0. The van der Waals surface area contributed by atoms with Crippen LogP contribution in [0.1, 0.15) is 64.7 Å². The van der Waals surface area contributed by atoms with Crippen LogP contribution in [0.25, 0.3) is 0 Å². The van der Waals surface area contributed by atoms with Gasteiger partial charge in [0.15, 0.2) is 0 Å². The van der Waals surface area contributed by atoms with E-state index in [1.54, 1.807) is 31.5 Å². The average Bonchev–Trinajstić information content (AvgIpc) is 3.09. The molecule has 0 aliphatic heterocycles. The number of esters is 1. The molecule has 1 aliphatic carbocycles. The Balaban J connectivity index is 2.00. The van der Waals surface area contributed by atoms with E-state index < -0.39 is 0 Å². The van der Waals surface area contributed by atoms with Gasteiger partial charge >= 0.3 is 5.97 Å². The summed E-state index contributed by atoms with van der Waals surface area (Å²) in [5.41, 5.74) is 3.40. The van der Waals surface area contributed by atoms with Crippen molar-refractivity contribution in [3.63, 3.8) is 0 Å². The summed E-state index contributed by atoms with van der Waals surface area (Å²) in [6.07, 6.45) is 5.93. The molecule has 1 amide bonds. The normalized spacial score (nSPS) is 16.3. The molecule has 0 bridgehead atoms. The van der Waals surface area contributed by atoms with E-state index in [0.29, 0.717) is 11.3 Å². The van der Waals surface area contributed by atoms with Crippen molar-refractivity contribution in [3.05, 3.63) is 53.1 Å². The second-order valence-corrected chi connectivity index (χ2v) is 7.16. The first-order valence-electron chi connectivity index (χ1n) is 8.95. The lowest BCUT2D eigenvalue weighted by Gasteiger charge is -2.28. The van der Waals surface area contributed by atoms with Crippen molar-refractivity contribution >= 4 is 11.9 Å². The SMILES string of the molecule is CC(C)OC(=O)c1cncn1C1CCCc2ccc(C(=O)N(C)C)cc21. The summed E-state index contributed by atoms with van der Waals surface area (Å²) in [4.78, 5) is 30.5. The summed E-state index contributed by atoms with van der Waals surface area (Å²) in [5, 5.41) is 0. The highest BCUT2D eigenvalue weighted by Gasteiger charge is 2.27. The van der Waals surface area contributed by atoms with Gasteiger partial charge in [0.1, 0.15) is 5.69 Å². The predicted molar refractivity (Wildman–Crippen MR) is 98.3 cm³/mol. The van der Waals surface area contributed by atoms with Gasteiger partial charge in [-0.2, -0.15) is 0 Å². The third-order valence-electron chi connectivity index (χ3n) is 4.64. The van der Waals surface area contributed by atoms with Crippen molar-refractivity contribution in [2.45, 2.75) is 45.3 Å². The minimum atomic E-state index is -0.370. The average molecular weight is 355 g/mol. The molecule has 0 saturated carbocycles. The highest BCUT2D eigenvalue weighted by molar-refractivity contribution is 5.94. The topological polar surface area (TPSA) is 64.4 Å². The van der Waals surface area contributed by atoms with E-state index in [0.717, 1.165) is 24.8 Å². The molecule has 3 rings (SSSR count). The molecule has 1 aromatic heterocycles. The molecule has 0 radical (unpaired) electrons. The number of carbonyl (C=O) groups is 2. The van der Waals surface area contributed by atoms with Crippen molar-refractivity contribution in [2.75, 3.05) is 14.1 Å². The Bertz CT molecular complexity index is 823. The fourth-order valence-corrected chi connectivity index (χ4v) is 3.44. The van der Waals surface area contributed by atoms with E-state index in [2.05, 4.69) is 4.98 Å². The highest BCUT2D eigenvalue weighted by Crippen LogP contribution is 2.34. The zero-order valence-corrected chi connectivity index (χ0v) is 15.7. The van der Waals surface area contributed by atoms with Gasteiger partial charge in [-0.3, -0.25) is 4.79 Å². The van der Waals surface area contributed by atoms with Crippen molar-refractivity contribution in [2.24, 2.45) is 0 Å². The fraction of sp³-hybridized carbons (Fsp3) is 0.450. The summed E-state index contributed by atoms with van der Waals surface area (Å²) in [7, 11) is 3.49. The molecule has 6 nitrogen and oxygen atoms in total. The minimum absolute atomic E-state index is 0.0223. The number of aromatic nitrogens is 2. The van der Waals surface area contributed by atoms with Crippen LogP contribution < -0.4 is 0 Å². The molecule has 6 heteroatoms. The molecule has 0 saturated heterocycles. The number of imidazole rings is 1. The Hall–Kier alpha value is -2.63. The molecule has 1 atom stereocenters. The summed E-state index contributed by atoms with van der Waals surface area (Å²) >= 11 is 0. The number of amides is 1. The Morgan fingerprint density at radius 2 is 2.08 bits per heavy atom. The lowest BCUT2D eigenvalue weighted by Crippen LogP contribution is -2.25. The smallest absolute Gasteiger partial charge is 0.356 e. The van der Waals surface area contributed by atoms with Crippen LogP contribution in [-0.2, 0) is 11.2 Å². The first-order valence-corrected chi connectivity index (χ1v) is 8.95. The van der Waals surface area contributed by atoms with Gasteiger partial charge in [-0.05, 0) is 56.4 Å². The van der Waals surface area contributed by atoms with Gasteiger partial charge in [0, 0.05) is 19.7 Å². The number of hydrogen-bond acceptors (Lipinski definition) is 4. The second kappa shape index (κ2) is 7.32. The van der Waals surface area contributed by atoms with Gasteiger partial charge in [-0.25, -0.2) is 9.78 Å². The minimum Gasteiger partial charge on any atom is -0.458 e. The van der Waals surface area contributed by atoms with Gasteiger partial charge in [0.25, 0.3) is 5.91 Å². The van der Waals surface area contributed by atoms with Crippen molar-refractivity contribution < 1.29 is 14.3 Å². The molecule has 2 aromatic rings. The maximum atomic E-state index is 12.4. The van der Waals surface area contributed by atoms with Crippen LogP contribution in [0.5, 0.6) is 0 Å². The lowest BCUT2D eigenvalue weighted by atomic mass is 9.86. The molecule has 0 N–H and O–H groups in total. The Kier molecular flexibility index (Phi) is 5.11. The number of rotatable bonds is 4. The van der Waals surface area contributed by atoms with Crippen molar-refractivity contribution in [1.82, 2.24) is 14.5 Å². The van der Waals surface area contributed by atoms with E-state index in [-0.39, 0.29) is 24.0 Å². The zero-order valence-electron chi connectivity index (χ0n) is 15.7. The van der Waals surface area contributed by atoms with Crippen LogP contribution in [-0.4, -0.2) is 46.5 Å². The molecule has 1 aromatic carbocycles. The third-order valence-corrected chi connectivity index (χ3v) is 4.64. The van der Waals surface area contributed by atoms with Crippen molar-refractivity contribution in [1.29, 1.82) is 0 Å². The Morgan fingerprint density at radius 1 is 1.31 bits per heavy atom. The largest absolute Gasteiger partial charge is 0.458 e. The van der Waals surface area contributed by atoms with Crippen molar-refractivity contribution in [3.8, 4) is 0 Å². The van der Waals surface area contributed by atoms with Crippen LogP contribution in [0.4, 0.5) is 0 Å². The van der Waals surface area contributed by atoms with E-state index in [4.69, 9.17) is 4.74 Å². The summed E-state index contributed by atoms with van der Waals surface area (Å²) in [6.45, 7) is 3.65. The van der Waals surface area contributed by atoms with Gasteiger partial charge in [-0.15, -0.1) is 0 Å². The number of aryl methyl sites for hydroxylation is 1. The van der Waals surface area contributed by atoms with E-state index in [1.807, 2.05) is 36.6 Å². The van der Waals surface area contributed by atoms with Crippen LogP contribution in [0.2, 0.25) is 0 Å². The van der Waals surface area contributed by atoms with Gasteiger partial charge in [-0.1, -0.05) is 6.07 Å². The first-order chi connectivity index (χ1) is 12.4. The number of carbonyl (C=O) groups excluding carboxylic acids is 2. The summed E-state index contributed by atoms with van der Waals surface area (Å²) in [6, 6.07) is 5.84. The summed E-state index contributed by atoms with van der Waals surface area (Å²) < 4.78 is 7.23. The molecule has 1 heterocycles. The van der Waals surface area contributed by atoms with Crippen LogP contribution in [0.3, 0.4) is 0 Å². The number of ether oxygens (including phenoxy) is 1. The molecule has 0 fully saturated rings. The third kappa shape index (κ3) is 3.49. The monoisotopic (exact) mass is 355 g/mol. The number of nitrogens with zero attached hydrogens (tertiary/aromatic N) is 3. The van der Waals surface area contributed by atoms with E-state index in [1.165, 1.54) is 5.56 Å². The zero-order chi connectivity index (χ0) is 18.8. The molecule has 0 spiro atoms. The molecule has 138 valence electrons. The number of benzene rings is 1. The second-order valence-electron chi connectivity index (χ2n) is 7.16. The van der Waals surface area contributed by atoms with Gasteiger partial charge in [0.2, 0.25) is 0 Å². The van der Waals surface area contributed by atoms with Crippen LogP contribution in [0, 0.1) is 0 Å². The predicted octanol–water partition coefficient (Wildman–Crippen LogP) is 3.08. The molecule has 1 unspecified atom stereocenters. The Morgan fingerprint density at radius 3 is 2.77 bits per heavy atom. The maximum absolute atomic E-state index is 12.4. The Labute approximate surface area is 153 Å². The van der Waals surface area contributed by atoms with Crippen LogP contribution >= 0.6 is 0 Å². The van der Waals surface area contributed by atoms with E-state index in [9.17, 15) is 9.59 Å². The lowest BCUT2D eigenvalue weighted by molar-refractivity contribution is 0.0363. The molecule has 1 aliphatic rings.